The summed E-state index contributed by atoms with van der Waals surface area (Å²) in [5.41, 5.74) is 0.966. The van der Waals surface area contributed by atoms with Crippen molar-refractivity contribution in [2.24, 2.45) is 0 Å². The Labute approximate surface area is 108 Å². The molecule has 0 radical (unpaired) electrons. The summed E-state index contributed by atoms with van der Waals surface area (Å²) in [7, 11) is 0. The van der Waals surface area contributed by atoms with Crippen molar-refractivity contribution in [3.8, 4) is 0 Å². The Hall–Kier alpha value is -1.39. The summed E-state index contributed by atoms with van der Waals surface area (Å²) < 4.78 is 10.2. The summed E-state index contributed by atoms with van der Waals surface area (Å²) in [6, 6.07) is 9.53. The molecule has 0 spiro atoms. The predicted octanol–water partition coefficient (Wildman–Crippen LogP) is 1.91. The Morgan fingerprint density at radius 1 is 1.33 bits per heavy atom. The van der Waals surface area contributed by atoms with Gasteiger partial charge in [0.2, 0.25) is 0 Å². The van der Waals surface area contributed by atoms with E-state index in [0.717, 1.165) is 5.56 Å². The van der Waals surface area contributed by atoms with Crippen molar-refractivity contribution in [1.29, 1.82) is 0 Å². The number of carbonyl (C=O) groups excluding carboxylic acids is 1. The fraction of sp³-hybridized carbons (Fsp3) is 0.500. The van der Waals surface area contributed by atoms with Crippen molar-refractivity contribution in [2.75, 3.05) is 13.2 Å². The van der Waals surface area contributed by atoms with Crippen LogP contribution in [-0.2, 0) is 20.9 Å². The Morgan fingerprint density at radius 3 is 2.72 bits per heavy atom. The maximum absolute atomic E-state index is 11.4. The normalized spacial score (nSPS) is 12.1. The maximum Gasteiger partial charge on any atom is 0.308 e. The second-order valence-corrected chi connectivity index (χ2v) is 4.03. The minimum Gasteiger partial charge on any atom is -0.461 e. The van der Waals surface area contributed by atoms with Crippen LogP contribution < -0.4 is 0 Å². The van der Waals surface area contributed by atoms with Crippen LogP contribution in [0.4, 0.5) is 0 Å². The molecule has 1 N–H and O–H groups in total. The molecule has 0 aliphatic carbocycles. The van der Waals surface area contributed by atoms with Crippen molar-refractivity contribution >= 4 is 5.97 Å². The number of aliphatic hydroxyl groups excluding tert-OH is 1. The van der Waals surface area contributed by atoms with E-state index < -0.39 is 6.10 Å². The van der Waals surface area contributed by atoms with Gasteiger partial charge in [-0.05, 0) is 12.0 Å². The molecule has 0 saturated heterocycles. The average molecular weight is 252 g/mol. The maximum atomic E-state index is 11.4. The molecule has 0 aliphatic heterocycles. The monoisotopic (exact) mass is 252 g/mol. The van der Waals surface area contributed by atoms with Crippen LogP contribution in [0, 0.1) is 0 Å². The van der Waals surface area contributed by atoms with Crippen LogP contribution >= 0.6 is 0 Å². The van der Waals surface area contributed by atoms with Gasteiger partial charge in [-0.1, -0.05) is 37.3 Å². The molecule has 0 heterocycles. The fourth-order valence-corrected chi connectivity index (χ4v) is 1.30. The first-order valence-electron chi connectivity index (χ1n) is 6.17. The van der Waals surface area contributed by atoms with Gasteiger partial charge in [-0.2, -0.15) is 0 Å². The van der Waals surface area contributed by atoms with Gasteiger partial charge in [0.1, 0.15) is 6.61 Å². The van der Waals surface area contributed by atoms with Crippen LogP contribution in [0.1, 0.15) is 25.3 Å². The smallest absolute Gasteiger partial charge is 0.308 e. The number of benzene rings is 1. The summed E-state index contributed by atoms with van der Waals surface area (Å²) in [4.78, 5) is 11.4. The van der Waals surface area contributed by atoms with E-state index in [1.165, 1.54) is 0 Å². The van der Waals surface area contributed by atoms with Crippen molar-refractivity contribution in [3.63, 3.8) is 0 Å². The summed E-state index contributed by atoms with van der Waals surface area (Å²) in [6.07, 6.45) is 0.409. The number of hydrogen-bond donors (Lipinski definition) is 1. The first kappa shape index (κ1) is 14.7. The summed E-state index contributed by atoms with van der Waals surface area (Å²) in [5, 5.41) is 9.23. The zero-order chi connectivity index (χ0) is 13.2. The molecule has 1 aromatic carbocycles. The SMILES string of the molecule is CCC(O)COCCC(=O)OCc1ccccc1. The molecule has 1 atom stereocenters. The molecule has 1 unspecified atom stereocenters. The first-order chi connectivity index (χ1) is 8.72. The largest absolute Gasteiger partial charge is 0.461 e. The summed E-state index contributed by atoms with van der Waals surface area (Å²) in [5.74, 6) is -0.287. The lowest BCUT2D eigenvalue weighted by Gasteiger charge is -2.08. The molecule has 4 nitrogen and oxygen atoms in total. The van der Waals surface area contributed by atoms with Crippen molar-refractivity contribution < 1.29 is 19.4 Å². The third kappa shape index (κ3) is 6.37. The van der Waals surface area contributed by atoms with Crippen LogP contribution in [0.15, 0.2) is 30.3 Å². The average Bonchev–Trinajstić information content (AvgIpc) is 2.42. The molecule has 18 heavy (non-hydrogen) atoms. The Balaban J connectivity index is 2.07. The van der Waals surface area contributed by atoms with Gasteiger partial charge in [-0.25, -0.2) is 0 Å². The zero-order valence-electron chi connectivity index (χ0n) is 10.7. The fourth-order valence-electron chi connectivity index (χ4n) is 1.30. The van der Waals surface area contributed by atoms with Crippen LogP contribution in [-0.4, -0.2) is 30.4 Å². The Morgan fingerprint density at radius 2 is 2.06 bits per heavy atom. The standard InChI is InChI=1S/C14H20O4/c1-2-13(15)11-17-9-8-14(16)18-10-12-6-4-3-5-7-12/h3-7,13,15H,2,8-11H2,1H3. The number of carbonyl (C=O) groups is 1. The Bertz CT molecular complexity index is 337. The van der Waals surface area contributed by atoms with E-state index in [1.54, 1.807) is 0 Å². The number of esters is 1. The highest BCUT2D eigenvalue weighted by molar-refractivity contribution is 5.69. The molecule has 0 bridgehead atoms. The van der Waals surface area contributed by atoms with Crippen molar-refractivity contribution in [2.45, 2.75) is 32.5 Å². The molecule has 0 aliphatic rings. The molecule has 0 fully saturated rings. The predicted molar refractivity (Wildman–Crippen MR) is 68.0 cm³/mol. The van der Waals surface area contributed by atoms with Crippen LogP contribution in [0.3, 0.4) is 0 Å². The summed E-state index contributed by atoms with van der Waals surface area (Å²) >= 11 is 0. The van der Waals surface area contributed by atoms with Gasteiger partial charge in [0.05, 0.1) is 25.7 Å². The van der Waals surface area contributed by atoms with E-state index in [-0.39, 0.29) is 32.2 Å². The van der Waals surface area contributed by atoms with Crippen molar-refractivity contribution in [1.82, 2.24) is 0 Å². The lowest BCUT2D eigenvalue weighted by Crippen LogP contribution is -2.16. The van der Waals surface area contributed by atoms with Crippen LogP contribution in [0.5, 0.6) is 0 Å². The van der Waals surface area contributed by atoms with Gasteiger partial charge in [-0.15, -0.1) is 0 Å². The minimum absolute atomic E-state index is 0.212. The lowest BCUT2D eigenvalue weighted by atomic mass is 10.2. The molecule has 0 saturated carbocycles. The molecule has 100 valence electrons. The molecule has 1 rings (SSSR count). The van der Waals surface area contributed by atoms with Crippen LogP contribution in [0.2, 0.25) is 0 Å². The van der Waals surface area contributed by atoms with Gasteiger partial charge < -0.3 is 14.6 Å². The lowest BCUT2D eigenvalue weighted by molar-refractivity contribution is -0.146. The molecular weight excluding hydrogens is 232 g/mol. The Kier molecular flexibility index (Phi) is 7.06. The highest BCUT2D eigenvalue weighted by atomic mass is 16.5. The summed E-state index contributed by atoms with van der Waals surface area (Å²) in [6.45, 7) is 2.71. The molecule has 0 aromatic heterocycles. The second kappa shape index (κ2) is 8.66. The first-order valence-corrected chi connectivity index (χ1v) is 6.17. The van der Waals surface area contributed by atoms with Gasteiger partial charge in [-0.3, -0.25) is 4.79 Å². The number of ether oxygens (including phenoxy) is 2. The number of rotatable bonds is 8. The third-order valence-electron chi connectivity index (χ3n) is 2.47. The molecular formula is C14H20O4. The molecule has 0 amide bonds. The van der Waals surface area contributed by atoms with E-state index in [0.29, 0.717) is 6.42 Å². The van der Waals surface area contributed by atoms with E-state index in [4.69, 9.17) is 9.47 Å². The van der Waals surface area contributed by atoms with Gasteiger partial charge >= 0.3 is 5.97 Å². The van der Waals surface area contributed by atoms with E-state index >= 15 is 0 Å². The quantitative estimate of drug-likeness (QED) is 0.567. The van der Waals surface area contributed by atoms with Gasteiger partial charge in [0, 0.05) is 0 Å². The third-order valence-corrected chi connectivity index (χ3v) is 2.47. The highest BCUT2D eigenvalue weighted by Gasteiger charge is 2.05. The van der Waals surface area contributed by atoms with E-state index in [1.807, 2.05) is 37.3 Å². The highest BCUT2D eigenvalue weighted by Crippen LogP contribution is 2.02. The molecule has 4 heteroatoms. The number of hydrogen-bond acceptors (Lipinski definition) is 4. The number of aliphatic hydroxyl groups is 1. The van der Waals surface area contributed by atoms with Crippen molar-refractivity contribution in [3.05, 3.63) is 35.9 Å². The van der Waals surface area contributed by atoms with Crippen LogP contribution in [0.25, 0.3) is 0 Å². The second-order valence-electron chi connectivity index (χ2n) is 4.03. The minimum atomic E-state index is -0.453. The topological polar surface area (TPSA) is 55.8 Å². The van der Waals surface area contributed by atoms with E-state index in [9.17, 15) is 9.90 Å². The molecule has 1 aromatic rings. The van der Waals surface area contributed by atoms with Gasteiger partial charge in [0.15, 0.2) is 0 Å². The van der Waals surface area contributed by atoms with Gasteiger partial charge in [0.25, 0.3) is 0 Å². The van der Waals surface area contributed by atoms with E-state index in [2.05, 4.69) is 0 Å². The zero-order valence-corrected chi connectivity index (χ0v) is 10.7.